The summed E-state index contributed by atoms with van der Waals surface area (Å²) < 4.78 is 2.49. The van der Waals surface area contributed by atoms with E-state index in [1.165, 1.54) is 6.92 Å². The van der Waals surface area contributed by atoms with Crippen molar-refractivity contribution in [3.8, 4) is 0 Å². The lowest BCUT2D eigenvalue weighted by Crippen LogP contribution is -2.19. The maximum Gasteiger partial charge on any atom is 0.166 e. The van der Waals surface area contributed by atoms with Crippen LogP contribution >= 0.6 is 15.9 Å². The molecule has 1 rings (SSSR count). The molecule has 14 heavy (non-hydrogen) atoms. The fourth-order valence-electron chi connectivity index (χ4n) is 1.18. The van der Waals surface area contributed by atoms with Gasteiger partial charge in [-0.15, -0.1) is 0 Å². The zero-order valence-electron chi connectivity index (χ0n) is 8.41. The zero-order valence-corrected chi connectivity index (χ0v) is 10.00. The summed E-state index contributed by atoms with van der Waals surface area (Å²) in [6.07, 6.45) is -0.715. The Bertz CT molecular complexity index is 358. The Morgan fingerprint density at radius 3 is 2.64 bits per heavy atom. The van der Waals surface area contributed by atoms with Crippen molar-refractivity contribution in [2.45, 2.75) is 26.4 Å². The molecule has 0 saturated heterocycles. The van der Waals surface area contributed by atoms with Gasteiger partial charge in [0.1, 0.15) is 6.10 Å². The third kappa shape index (κ3) is 2.22. The van der Waals surface area contributed by atoms with Crippen LogP contribution in [0.1, 0.15) is 18.3 Å². The van der Waals surface area contributed by atoms with E-state index < -0.39 is 6.10 Å². The summed E-state index contributed by atoms with van der Waals surface area (Å²) in [4.78, 5) is 11.3. The van der Waals surface area contributed by atoms with Crippen molar-refractivity contribution < 1.29 is 9.90 Å². The Morgan fingerprint density at radius 1 is 1.71 bits per heavy atom. The van der Waals surface area contributed by atoms with Gasteiger partial charge in [0.15, 0.2) is 5.78 Å². The van der Waals surface area contributed by atoms with E-state index in [2.05, 4.69) is 21.0 Å². The Kier molecular flexibility index (Phi) is 3.44. The maximum absolute atomic E-state index is 11.3. The standard InChI is InChI=1S/C9H13BrN2O2/c1-5-9(10)7(12(3)11-5)4-8(14)6(2)13/h6,13H,4H2,1-3H3. The van der Waals surface area contributed by atoms with Gasteiger partial charge in [0.05, 0.1) is 22.3 Å². The zero-order chi connectivity index (χ0) is 10.9. The van der Waals surface area contributed by atoms with Crippen LogP contribution in [0.25, 0.3) is 0 Å². The summed E-state index contributed by atoms with van der Waals surface area (Å²) in [5, 5.41) is 13.2. The first-order chi connectivity index (χ1) is 6.43. The average Bonchev–Trinajstić information content (AvgIpc) is 2.32. The minimum absolute atomic E-state index is 0.200. The van der Waals surface area contributed by atoms with E-state index in [4.69, 9.17) is 5.11 Å². The fraction of sp³-hybridized carbons (Fsp3) is 0.556. The molecule has 0 amide bonds. The topological polar surface area (TPSA) is 55.1 Å². The monoisotopic (exact) mass is 260 g/mol. The predicted octanol–water partition coefficient (Wildman–Crippen LogP) is 0.983. The maximum atomic E-state index is 11.3. The van der Waals surface area contributed by atoms with E-state index in [-0.39, 0.29) is 12.2 Å². The molecule has 4 nitrogen and oxygen atoms in total. The van der Waals surface area contributed by atoms with E-state index >= 15 is 0 Å². The first-order valence-corrected chi connectivity index (χ1v) is 5.11. The molecule has 0 aliphatic carbocycles. The number of hydrogen-bond acceptors (Lipinski definition) is 3. The molecule has 0 aromatic carbocycles. The molecular formula is C9H13BrN2O2. The largest absolute Gasteiger partial charge is 0.386 e. The number of aromatic nitrogens is 2. The number of aliphatic hydroxyl groups is 1. The van der Waals surface area contributed by atoms with Gasteiger partial charge in [0.2, 0.25) is 0 Å². The lowest BCUT2D eigenvalue weighted by atomic mass is 10.1. The first kappa shape index (κ1) is 11.4. The first-order valence-electron chi connectivity index (χ1n) is 4.32. The van der Waals surface area contributed by atoms with E-state index in [9.17, 15) is 4.79 Å². The van der Waals surface area contributed by atoms with Gasteiger partial charge in [-0.1, -0.05) is 0 Å². The van der Waals surface area contributed by atoms with Crippen molar-refractivity contribution in [1.82, 2.24) is 9.78 Å². The van der Waals surface area contributed by atoms with Crippen molar-refractivity contribution in [3.63, 3.8) is 0 Å². The molecule has 78 valence electrons. The Balaban J connectivity index is 2.92. The van der Waals surface area contributed by atoms with Crippen molar-refractivity contribution in [2.75, 3.05) is 0 Å². The van der Waals surface area contributed by atoms with Gasteiger partial charge in [-0.2, -0.15) is 5.10 Å². The van der Waals surface area contributed by atoms with E-state index in [1.807, 2.05) is 6.92 Å². The molecule has 0 fully saturated rings. The molecule has 0 spiro atoms. The number of rotatable bonds is 3. The molecule has 1 N–H and O–H groups in total. The Morgan fingerprint density at radius 2 is 2.29 bits per heavy atom. The molecule has 1 atom stereocenters. The van der Waals surface area contributed by atoms with Gasteiger partial charge in [0, 0.05) is 7.05 Å². The van der Waals surface area contributed by atoms with Gasteiger partial charge in [-0.3, -0.25) is 9.48 Å². The van der Waals surface area contributed by atoms with Crippen LogP contribution in [0.4, 0.5) is 0 Å². The van der Waals surface area contributed by atoms with Crippen LogP contribution in [0, 0.1) is 6.92 Å². The van der Waals surface area contributed by atoms with Gasteiger partial charge in [-0.05, 0) is 29.8 Å². The highest BCUT2D eigenvalue weighted by Gasteiger charge is 2.16. The van der Waals surface area contributed by atoms with Crippen molar-refractivity contribution in [2.24, 2.45) is 7.05 Å². The molecular weight excluding hydrogens is 248 g/mol. The third-order valence-corrected chi connectivity index (χ3v) is 3.10. The molecule has 1 aromatic rings. The fourth-order valence-corrected chi connectivity index (χ4v) is 1.66. The highest BCUT2D eigenvalue weighted by Crippen LogP contribution is 2.20. The number of carbonyl (C=O) groups is 1. The van der Waals surface area contributed by atoms with Crippen LogP contribution in [0.2, 0.25) is 0 Å². The van der Waals surface area contributed by atoms with Crippen LogP contribution in [0.3, 0.4) is 0 Å². The van der Waals surface area contributed by atoms with Gasteiger partial charge in [-0.25, -0.2) is 0 Å². The van der Waals surface area contributed by atoms with E-state index in [1.54, 1.807) is 11.7 Å². The summed E-state index contributed by atoms with van der Waals surface area (Å²) in [6, 6.07) is 0. The molecule has 0 bridgehead atoms. The second-order valence-electron chi connectivity index (χ2n) is 3.29. The number of carbonyl (C=O) groups excluding carboxylic acids is 1. The minimum Gasteiger partial charge on any atom is -0.386 e. The third-order valence-electron chi connectivity index (χ3n) is 2.07. The Labute approximate surface area is 91.1 Å². The molecule has 0 saturated carbocycles. The highest BCUT2D eigenvalue weighted by molar-refractivity contribution is 9.10. The highest BCUT2D eigenvalue weighted by atomic mass is 79.9. The number of aliphatic hydroxyl groups excluding tert-OH is 1. The molecule has 0 radical (unpaired) electrons. The van der Waals surface area contributed by atoms with Crippen LogP contribution in [0.5, 0.6) is 0 Å². The Hall–Kier alpha value is -0.680. The number of halogens is 1. The normalized spacial score (nSPS) is 12.9. The number of ketones is 1. The second kappa shape index (κ2) is 4.23. The van der Waals surface area contributed by atoms with Crippen LogP contribution in [-0.2, 0) is 18.3 Å². The summed E-state index contributed by atoms with van der Waals surface area (Å²) in [5.41, 5.74) is 1.65. The molecule has 0 aliphatic heterocycles. The molecule has 1 aromatic heterocycles. The number of nitrogens with zero attached hydrogens (tertiary/aromatic N) is 2. The molecule has 0 aliphatic rings. The summed E-state index contributed by atoms with van der Waals surface area (Å²) >= 11 is 3.36. The summed E-state index contributed by atoms with van der Waals surface area (Å²) in [7, 11) is 1.78. The van der Waals surface area contributed by atoms with Gasteiger partial charge >= 0.3 is 0 Å². The van der Waals surface area contributed by atoms with E-state index in [0.29, 0.717) is 0 Å². The number of Topliss-reactive ketones (excluding diaryl/α,β-unsaturated/α-hetero) is 1. The van der Waals surface area contributed by atoms with Gasteiger partial charge in [0.25, 0.3) is 0 Å². The second-order valence-corrected chi connectivity index (χ2v) is 4.08. The molecule has 1 heterocycles. The summed E-state index contributed by atoms with van der Waals surface area (Å²) in [5.74, 6) is -0.200. The molecule has 1 unspecified atom stereocenters. The van der Waals surface area contributed by atoms with E-state index in [0.717, 1.165) is 15.9 Å². The van der Waals surface area contributed by atoms with Crippen molar-refractivity contribution in [3.05, 3.63) is 15.9 Å². The predicted molar refractivity (Wildman–Crippen MR) is 56.0 cm³/mol. The lowest BCUT2D eigenvalue weighted by molar-refractivity contribution is -0.125. The molecule has 5 heteroatoms. The summed E-state index contributed by atoms with van der Waals surface area (Å²) in [6.45, 7) is 3.33. The van der Waals surface area contributed by atoms with Crippen molar-refractivity contribution in [1.29, 1.82) is 0 Å². The minimum atomic E-state index is -0.919. The van der Waals surface area contributed by atoms with Crippen LogP contribution in [0.15, 0.2) is 4.47 Å². The quantitative estimate of drug-likeness (QED) is 0.882. The van der Waals surface area contributed by atoms with Crippen molar-refractivity contribution >= 4 is 21.7 Å². The lowest BCUT2D eigenvalue weighted by Gasteiger charge is -2.04. The SMILES string of the molecule is Cc1nn(C)c(CC(=O)C(C)O)c1Br. The number of aryl methyl sites for hydroxylation is 2. The van der Waals surface area contributed by atoms with Crippen LogP contribution in [-0.4, -0.2) is 26.8 Å². The average molecular weight is 261 g/mol. The van der Waals surface area contributed by atoms with Gasteiger partial charge < -0.3 is 5.11 Å². The smallest absolute Gasteiger partial charge is 0.166 e. The van der Waals surface area contributed by atoms with Crippen LogP contribution < -0.4 is 0 Å². The number of hydrogen-bond donors (Lipinski definition) is 1.